The summed E-state index contributed by atoms with van der Waals surface area (Å²) in [5, 5.41) is 12.1. The second-order valence-corrected chi connectivity index (χ2v) is 5.78. The summed E-state index contributed by atoms with van der Waals surface area (Å²) in [6.45, 7) is 3.75. The maximum absolute atomic E-state index is 12.4. The number of allylic oxidation sites excluding steroid dienone is 2. The Hall–Kier alpha value is -1.41. The smallest absolute Gasteiger partial charge is 0.237 e. The maximum Gasteiger partial charge on any atom is 0.237 e. The van der Waals surface area contributed by atoms with Crippen molar-refractivity contribution in [2.45, 2.75) is 44.3 Å². The molecule has 0 fully saturated rings. The number of carbonyl (C=O) groups excluding carboxylic acids is 1. The van der Waals surface area contributed by atoms with Gasteiger partial charge in [0, 0.05) is 18.8 Å². The minimum absolute atomic E-state index is 0.109. The zero-order chi connectivity index (χ0) is 15.1. The average Bonchev–Trinajstić information content (AvgIpc) is 2.95. The van der Waals surface area contributed by atoms with E-state index < -0.39 is 0 Å². The van der Waals surface area contributed by atoms with Crippen LogP contribution in [0.4, 0.5) is 0 Å². The Balaban J connectivity index is 1.93. The minimum atomic E-state index is 0.109. The van der Waals surface area contributed by atoms with Crippen LogP contribution in [0.5, 0.6) is 0 Å². The molecule has 8 heteroatoms. The van der Waals surface area contributed by atoms with Crippen molar-refractivity contribution in [2.24, 2.45) is 5.73 Å². The summed E-state index contributed by atoms with van der Waals surface area (Å²) in [7, 11) is 0. The average molecular weight is 310 g/mol. The Labute approximate surface area is 128 Å². The van der Waals surface area contributed by atoms with E-state index in [1.54, 1.807) is 4.68 Å². The molecule has 116 valence electrons. The van der Waals surface area contributed by atoms with Crippen LogP contribution in [-0.2, 0) is 11.3 Å². The number of hydrogen-bond donors (Lipinski definition) is 1. The van der Waals surface area contributed by atoms with Gasteiger partial charge in [-0.3, -0.25) is 4.79 Å². The van der Waals surface area contributed by atoms with Crippen LogP contribution in [-0.4, -0.2) is 49.9 Å². The fourth-order valence-corrected chi connectivity index (χ4v) is 3.15. The molecule has 1 aliphatic carbocycles. The summed E-state index contributed by atoms with van der Waals surface area (Å²) in [5.41, 5.74) is 6.67. The quantitative estimate of drug-likeness (QED) is 0.757. The Kier molecular flexibility index (Phi) is 6.19. The molecule has 1 aliphatic rings. The van der Waals surface area contributed by atoms with Crippen LogP contribution in [0, 0.1) is 0 Å². The van der Waals surface area contributed by atoms with E-state index >= 15 is 0 Å². The number of tetrazole rings is 1. The zero-order valence-corrected chi connectivity index (χ0v) is 13.2. The van der Waals surface area contributed by atoms with Gasteiger partial charge in [-0.1, -0.05) is 17.8 Å². The maximum atomic E-state index is 12.4. The van der Waals surface area contributed by atoms with Crippen molar-refractivity contribution in [3.05, 3.63) is 11.8 Å². The molecule has 1 aromatic heterocycles. The molecule has 21 heavy (non-hydrogen) atoms. The molecule has 0 bridgehead atoms. The largest absolute Gasteiger partial charge is 0.329 e. The van der Waals surface area contributed by atoms with E-state index in [-0.39, 0.29) is 5.91 Å². The molecular weight excluding hydrogens is 288 g/mol. The third-order valence-electron chi connectivity index (χ3n) is 3.40. The predicted molar refractivity (Wildman–Crippen MR) is 81.5 cm³/mol. The summed E-state index contributed by atoms with van der Waals surface area (Å²) < 4.78 is 1.63. The van der Waals surface area contributed by atoms with Crippen LogP contribution >= 0.6 is 11.8 Å². The normalized spacial score (nSPS) is 14.9. The van der Waals surface area contributed by atoms with Gasteiger partial charge >= 0.3 is 0 Å². The summed E-state index contributed by atoms with van der Waals surface area (Å²) in [5.74, 6) is 0.453. The molecule has 1 amide bonds. The van der Waals surface area contributed by atoms with Gasteiger partial charge in [0.05, 0.1) is 12.3 Å². The molecule has 0 radical (unpaired) electrons. The van der Waals surface area contributed by atoms with Crippen LogP contribution < -0.4 is 5.73 Å². The molecule has 0 aromatic carbocycles. The van der Waals surface area contributed by atoms with Crippen molar-refractivity contribution in [3.8, 4) is 0 Å². The van der Waals surface area contributed by atoms with E-state index in [9.17, 15) is 4.79 Å². The highest BCUT2D eigenvalue weighted by atomic mass is 32.2. The monoisotopic (exact) mass is 310 g/mol. The first kappa shape index (κ1) is 16.0. The molecule has 0 unspecified atom stereocenters. The van der Waals surface area contributed by atoms with E-state index in [0.717, 1.165) is 25.0 Å². The molecule has 0 atom stereocenters. The fourth-order valence-electron chi connectivity index (χ4n) is 2.37. The molecule has 0 saturated carbocycles. The van der Waals surface area contributed by atoms with Gasteiger partial charge in [0.25, 0.3) is 0 Å². The lowest BCUT2D eigenvalue weighted by molar-refractivity contribution is -0.126. The predicted octanol–water partition coefficient (Wildman–Crippen LogP) is 1.03. The van der Waals surface area contributed by atoms with Crippen molar-refractivity contribution in [3.63, 3.8) is 0 Å². The van der Waals surface area contributed by atoms with E-state index in [1.165, 1.54) is 18.2 Å². The van der Waals surface area contributed by atoms with E-state index in [0.29, 0.717) is 30.5 Å². The standard InChI is InChI=1S/C13H22N6OS/c1-2-18(11-6-4-3-5-7-11)12(20)10-21-13-15-16-17-19(13)9-8-14/h6H,2-5,7-10,14H2,1H3. The molecule has 0 aliphatic heterocycles. The van der Waals surface area contributed by atoms with Crippen molar-refractivity contribution in [2.75, 3.05) is 18.8 Å². The first-order chi connectivity index (χ1) is 10.3. The number of amides is 1. The first-order valence-electron chi connectivity index (χ1n) is 7.34. The molecule has 0 saturated heterocycles. The summed E-state index contributed by atoms with van der Waals surface area (Å²) in [6.07, 6.45) is 6.64. The van der Waals surface area contributed by atoms with Crippen LogP contribution in [0.2, 0.25) is 0 Å². The van der Waals surface area contributed by atoms with E-state index in [1.807, 2.05) is 11.8 Å². The topological polar surface area (TPSA) is 89.9 Å². The lowest BCUT2D eigenvalue weighted by Crippen LogP contribution is -2.32. The number of aromatic nitrogens is 4. The summed E-state index contributed by atoms with van der Waals surface area (Å²) in [4.78, 5) is 14.3. The lowest BCUT2D eigenvalue weighted by atomic mass is 10.0. The highest BCUT2D eigenvalue weighted by Gasteiger charge is 2.19. The van der Waals surface area contributed by atoms with Crippen LogP contribution in [0.25, 0.3) is 0 Å². The molecule has 2 rings (SSSR count). The van der Waals surface area contributed by atoms with E-state index in [4.69, 9.17) is 5.73 Å². The number of nitrogens with zero attached hydrogens (tertiary/aromatic N) is 5. The van der Waals surface area contributed by atoms with Gasteiger partial charge in [-0.25, -0.2) is 4.68 Å². The van der Waals surface area contributed by atoms with Gasteiger partial charge in [-0.2, -0.15) is 0 Å². The Morgan fingerprint density at radius 1 is 1.52 bits per heavy atom. The van der Waals surface area contributed by atoms with E-state index in [2.05, 4.69) is 21.6 Å². The van der Waals surface area contributed by atoms with Crippen molar-refractivity contribution >= 4 is 17.7 Å². The summed E-state index contributed by atoms with van der Waals surface area (Å²) in [6, 6.07) is 0. The number of nitrogens with two attached hydrogens (primary N) is 1. The SMILES string of the molecule is CCN(C(=O)CSc1nnnn1CCN)C1=CCCCC1. The van der Waals surface area contributed by atoms with Gasteiger partial charge in [-0.15, -0.1) is 5.10 Å². The molecule has 1 heterocycles. The van der Waals surface area contributed by atoms with Crippen molar-refractivity contribution in [1.82, 2.24) is 25.1 Å². The molecule has 7 nitrogen and oxygen atoms in total. The van der Waals surface area contributed by atoms with Crippen LogP contribution in [0.1, 0.15) is 32.6 Å². The van der Waals surface area contributed by atoms with Gasteiger partial charge in [-0.05, 0) is 43.0 Å². The van der Waals surface area contributed by atoms with Crippen molar-refractivity contribution in [1.29, 1.82) is 0 Å². The Morgan fingerprint density at radius 3 is 3.05 bits per heavy atom. The second kappa shape index (κ2) is 8.14. The van der Waals surface area contributed by atoms with Gasteiger partial charge in [0.1, 0.15) is 0 Å². The summed E-state index contributed by atoms with van der Waals surface area (Å²) >= 11 is 1.36. The number of thioether (sulfide) groups is 1. The molecule has 0 spiro atoms. The van der Waals surface area contributed by atoms with Gasteiger partial charge in [0.15, 0.2) is 0 Å². The van der Waals surface area contributed by atoms with Crippen LogP contribution in [0.15, 0.2) is 16.9 Å². The Morgan fingerprint density at radius 2 is 2.38 bits per heavy atom. The van der Waals surface area contributed by atoms with Gasteiger partial charge in [0.2, 0.25) is 11.1 Å². The van der Waals surface area contributed by atoms with Crippen LogP contribution in [0.3, 0.4) is 0 Å². The number of hydrogen-bond acceptors (Lipinski definition) is 6. The fraction of sp³-hybridized carbons (Fsp3) is 0.692. The van der Waals surface area contributed by atoms with Crippen molar-refractivity contribution < 1.29 is 4.79 Å². The zero-order valence-electron chi connectivity index (χ0n) is 12.4. The minimum Gasteiger partial charge on any atom is -0.329 e. The molecular formula is C13H22N6OS. The first-order valence-corrected chi connectivity index (χ1v) is 8.33. The highest BCUT2D eigenvalue weighted by molar-refractivity contribution is 7.99. The number of carbonyl (C=O) groups is 1. The third-order valence-corrected chi connectivity index (χ3v) is 4.34. The second-order valence-electron chi connectivity index (χ2n) is 4.84. The molecule has 1 aromatic rings. The number of rotatable bonds is 7. The Bertz CT molecular complexity index is 501. The van der Waals surface area contributed by atoms with Gasteiger partial charge < -0.3 is 10.6 Å². The lowest BCUT2D eigenvalue weighted by Gasteiger charge is -2.26. The molecule has 2 N–H and O–H groups in total. The highest BCUT2D eigenvalue weighted by Crippen LogP contribution is 2.22. The third kappa shape index (κ3) is 4.28.